The first kappa shape index (κ1) is 14.3. The Morgan fingerprint density at radius 3 is 2.21 bits per heavy atom. The Hall–Kier alpha value is -1.16. The van der Waals surface area contributed by atoms with Crippen molar-refractivity contribution in [1.29, 1.82) is 0 Å². The van der Waals surface area contributed by atoms with Gasteiger partial charge in [0.05, 0.1) is 0 Å². The highest BCUT2D eigenvalue weighted by molar-refractivity contribution is 5.37. The lowest BCUT2D eigenvalue weighted by Gasteiger charge is -2.46. The van der Waals surface area contributed by atoms with Gasteiger partial charge in [-0.1, -0.05) is 0 Å². The maximum absolute atomic E-state index is 4.48. The van der Waals surface area contributed by atoms with E-state index in [2.05, 4.69) is 48.3 Å². The summed E-state index contributed by atoms with van der Waals surface area (Å²) in [6.45, 7) is 13.0. The Morgan fingerprint density at radius 2 is 1.68 bits per heavy atom. The van der Waals surface area contributed by atoms with Crippen molar-refractivity contribution < 1.29 is 0 Å². The first-order valence-corrected chi connectivity index (χ1v) is 7.03. The van der Waals surface area contributed by atoms with Crippen LogP contribution in [-0.4, -0.2) is 27.1 Å². The quantitative estimate of drug-likeness (QED) is 0.860. The molecule has 2 rings (SSSR count). The molecule has 0 saturated carbocycles. The van der Waals surface area contributed by atoms with E-state index in [1.165, 1.54) is 0 Å². The first-order chi connectivity index (χ1) is 8.65. The second kappa shape index (κ2) is 4.75. The number of piperidine rings is 1. The van der Waals surface area contributed by atoms with Crippen molar-refractivity contribution in [2.24, 2.45) is 0 Å². The third-order valence-corrected chi connectivity index (χ3v) is 3.51. The molecule has 1 aliphatic rings. The largest absolute Gasteiger partial charge is 0.367 e. The maximum atomic E-state index is 4.48. The molecule has 0 spiro atoms. The van der Waals surface area contributed by atoms with Gasteiger partial charge >= 0.3 is 0 Å². The van der Waals surface area contributed by atoms with E-state index in [1.807, 2.05) is 19.9 Å². The van der Waals surface area contributed by atoms with E-state index in [-0.39, 0.29) is 11.1 Å². The number of nitrogens with zero attached hydrogens (tertiary/aromatic N) is 2. The summed E-state index contributed by atoms with van der Waals surface area (Å²) in [6, 6.07) is 2.47. The van der Waals surface area contributed by atoms with Gasteiger partial charge in [-0.3, -0.25) is 0 Å². The smallest absolute Gasteiger partial charge is 0.130 e. The van der Waals surface area contributed by atoms with E-state index >= 15 is 0 Å². The summed E-state index contributed by atoms with van der Waals surface area (Å²) >= 11 is 0. The molecule has 1 saturated heterocycles. The van der Waals surface area contributed by atoms with Crippen molar-refractivity contribution in [1.82, 2.24) is 15.3 Å². The van der Waals surface area contributed by atoms with E-state index in [9.17, 15) is 0 Å². The molecular weight excluding hydrogens is 236 g/mol. The van der Waals surface area contributed by atoms with Gasteiger partial charge in [0.25, 0.3) is 0 Å². The molecule has 2 N–H and O–H groups in total. The van der Waals surface area contributed by atoms with Crippen LogP contribution in [0.4, 0.5) is 5.82 Å². The minimum Gasteiger partial charge on any atom is -0.367 e. The van der Waals surface area contributed by atoms with Gasteiger partial charge in [-0.15, -0.1) is 0 Å². The molecule has 19 heavy (non-hydrogen) atoms. The Morgan fingerprint density at radius 1 is 1.11 bits per heavy atom. The summed E-state index contributed by atoms with van der Waals surface area (Å²) in [4.78, 5) is 8.80. The fourth-order valence-electron chi connectivity index (χ4n) is 3.42. The van der Waals surface area contributed by atoms with Crippen LogP contribution in [0.15, 0.2) is 6.07 Å². The summed E-state index contributed by atoms with van der Waals surface area (Å²) in [5, 5.41) is 7.28. The number of aryl methyl sites for hydroxylation is 2. The third-order valence-electron chi connectivity index (χ3n) is 3.51. The van der Waals surface area contributed by atoms with Crippen molar-refractivity contribution in [2.45, 2.75) is 71.5 Å². The van der Waals surface area contributed by atoms with E-state index in [0.717, 1.165) is 30.2 Å². The zero-order valence-corrected chi connectivity index (χ0v) is 13.0. The average molecular weight is 262 g/mol. The van der Waals surface area contributed by atoms with Crippen LogP contribution < -0.4 is 10.6 Å². The molecule has 2 heterocycles. The van der Waals surface area contributed by atoms with Crippen LogP contribution in [0.2, 0.25) is 0 Å². The second-order valence-corrected chi connectivity index (χ2v) is 7.08. The molecule has 106 valence electrons. The average Bonchev–Trinajstić information content (AvgIpc) is 2.08. The summed E-state index contributed by atoms with van der Waals surface area (Å²) in [6.07, 6.45) is 2.19. The van der Waals surface area contributed by atoms with Gasteiger partial charge in [0.2, 0.25) is 0 Å². The third kappa shape index (κ3) is 3.90. The topological polar surface area (TPSA) is 49.8 Å². The molecule has 0 amide bonds. The second-order valence-electron chi connectivity index (χ2n) is 7.08. The van der Waals surface area contributed by atoms with Crippen molar-refractivity contribution in [3.05, 3.63) is 17.6 Å². The van der Waals surface area contributed by atoms with Crippen molar-refractivity contribution >= 4 is 5.82 Å². The first-order valence-electron chi connectivity index (χ1n) is 7.03. The molecule has 0 atom stereocenters. The molecule has 1 aromatic rings. The maximum Gasteiger partial charge on any atom is 0.130 e. The zero-order valence-electron chi connectivity index (χ0n) is 13.0. The van der Waals surface area contributed by atoms with Gasteiger partial charge in [-0.05, 0) is 54.4 Å². The van der Waals surface area contributed by atoms with E-state index < -0.39 is 0 Å². The van der Waals surface area contributed by atoms with E-state index in [1.54, 1.807) is 0 Å². The predicted octanol–water partition coefficient (Wildman–Crippen LogP) is 2.81. The van der Waals surface area contributed by atoms with Gasteiger partial charge in [0.15, 0.2) is 0 Å². The number of hydrogen-bond acceptors (Lipinski definition) is 4. The minimum atomic E-state index is 0.149. The van der Waals surface area contributed by atoms with Crippen LogP contribution in [0.25, 0.3) is 0 Å². The van der Waals surface area contributed by atoms with Gasteiger partial charge in [-0.2, -0.15) is 0 Å². The van der Waals surface area contributed by atoms with Crippen LogP contribution in [0.1, 0.15) is 52.1 Å². The summed E-state index contributed by atoms with van der Waals surface area (Å²) in [7, 11) is 0. The number of rotatable bonds is 2. The Balaban J connectivity index is 2.14. The molecule has 0 aromatic carbocycles. The van der Waals surface area contributed by atoms with E-state index in [0.29, 0.717) is 6.04 Å². The lowest BCUT2D eigenvalue weighted by molar-refractivity contribution is 0.170. The van der Waals surface area contributed by atoms with Crippen LogP contribution in [-0.2, 0) is 0 Å². The number of anilines is 1. The molecule has 0 aliphatic carbocycles. The minimum absolute atomic E-state index is 0.149. The molecule has 1 aromatic heterocycles. The highest BCUT2D eigenvalue weighted by Crippen LogP contribution is 2.30. The fourth-order valence-corrected chi connectivity index (χ4v) is 3.42. The highest BCUT2D eigenvalue weighted by Gasteiger charge is 2.37. The van der Waals surface area contributed by atoms with Gasteiger partial charge in [0, 0.05) is 28.9 Å². The van der Waals surface area contributed by atoms with Crippen LogP contribution >= 0.6 is 0 Å². The number of nitrogens with one attached hydrogen (secondary N) is 2. The van der Waals surface area contributed by atoms with Gasteiger partial charge < -0.3 is 10.6 Å². The molecule has 4 nitrogen and oxygen atoms in total. The Bertz CT molecular complexity index is 429. The Kier molecular flexibility index (Phi) is 3.56. The van der Waals surface area contributed by atoms with Crippen LogP contribution in [0, 0.1) is 13.8 Å². The molecule has 0 unspecified atom stereocenters. The number of aromatic nitrogens is 2. The molecule has 1 fully saturated rings. The lowest BCUT2D eigenvalue weighted by atomic mass is 9.79. The summed E-state index contributed by atoms with van der Waals surface area (Å²) < 4.78 is 0. The molecule has 4 heteroatoms. The van der Waals surface area contributed by atoms with Crippen LogP contribution in [0.3, 0.4) is 0 Å². The monoisotopic (exact) mass is 262 g/mol. The van der Waals surface area contributed by atoms with Crippen molar-refractivity contribution in [3.63, 3.8) is 0 Å². The molecule has 1 aliphatic heterocycles. The van der Waals surface area contributed by atoms with Gasteiger partial charge in [0.1, 0.15) is 11.6 Å². The summed E-state index contributed by atoms with van der Waals surface area (Å²) in [5.41, 5.74) is 1.31. The SMILES string of the molecule is Cc1cc(NC2CC(C)(C)NC(C)(C)C2)nc(C)n1. The lowest BCUT2D eigenvalue weighted by Crippen LogP contribution is -2.60. The van der Waals surface area contributed by atoms with Crippen molar-refractivity contribution in [2.75, 3.05) is 5.32 Å². The fraction of sp³-hybridized carbons (Fsp3) is 0.733. The zero-order chi connectivity index (χ0) is 14.3. The predicted molar refractivity (Wildman–Crippen MR) is 79.4 cm³/mol. The standard InChI is InChI=1S/C15H26N4/c1-10-7-13(17-11(2)16-10)18-12-8-14(3,4)19-15(5,6)9-12/h7,12,19H,8-9H2,1-6H3,(H,16,17,18). The van der Waals surface area contributed by atoms with Crippen molar-refractivity contribution in [3.8, 4) is 0 Å². The Labute approximate surface area is 116 Å². The molecule has 0 radical (unpaired) electrons. The van der Waals surface area contributed by atoms with E-state index in [4.69, 9.17) is 0 Å². The highest BCUT2D eigenvalue weighted by atomic mass is 15.1. The number of hydrogen-bond donors (Lipinski definition) is 2. The molecule has 0 bridgehead atoms. The normalized spacial score (nSPS) is 22.2. The van der Waals surface area contributed by atoms with Gasteiger partial charge in [-0.25, -0.2) is 9.97 Å². The summed E-state index contributed by atoms with van der Waals surface area (Å²) in [5.74, 6) is 1.78. The molecular formula is C15H26N4. The van der Waals surface area contributed by atoms with Crippen LogP contribution in [0.5, 0.6) is 0 Å².